The van der Waals surface area contributed by atoms with Crippen LogP contribution in [0.1, 0.15) is 64.5 Å². The SMILES string of the molecule is CCCCCCCOc1ccc(C(C)NCC)c(Br)c1. The molecule has 1 atom stereocenters. The average molecular weight is 342 g/mol. The first-order valence-corrected chi connectivity index (χ1v) is 8.64. The van der Waals surface area contributed by atoms with Gasteiger partial charge in [0.25, 0.3) is 0 Å². The van der Waals surface area contributed by atoms with Crippen molar-refractivity contribution < 1.29 is 4.74 Å². The van der Waals surface area contributed by atoms with Gasteiger partial charge in [0, 0.05) is 10.5 Å². The van der Waals surface area contributed by atoms with Crippen LogP contribution < -0.4 is 10.1 Å². The molecule has 20 heavy (non-hydrogen) atoms. The highest BCUT2D eigenvalue weighted by atomic mass is 79.9. The molecule has 0 amide bonds. The number of hydrogen-bond donors (Lipinski definition) is 1. The summed E-state index contributed by atoms with van der Waals surface area (Å²) in [5.74, 6) is 0.958. The Morgan fingerprint density at radius 3 is 2.55 bits per heavy atom. The minimum absolute atomic E-state index is 0.359. The lowest BCUT2D eigenvalue weighted by atomic mass is 10.1. The summed E-state index contributed by atoms with van der Waals surface area (Å²) in [5, 5.41) is 3.42. The van der Waals surface area contributed by atoms with Gasteiger partial charge in [0.2, 0.25) is 0 Å². The highest BCUT2D eigenvalue weighted by Gasteiger charge is 2.08. The van der Waals surface area contributed by atoms with E-state index >= 15 is 0 Å². The maximum atomic E-state index is 5.81. The standard InChI is InChI=1S/C17H28BrNO/c1-4-6-7-8-9-12-20-15-10-11-16(17(18)13-15)14(3)19-5-2/h10-11,13-14,19H,4-9,12H2,1-3H3. The summed E-state index contributed by atoms with van der Waals surface area (Å²) in [7, 11) is 0. The van der Waals surface area contributed by atoms with Crippen LogP contribution in [-0.4, -0.2) is 13.2 Å². The third-order valence-electron chi connectivity index (χ3n) is 3.47. The van der Waals surface area contributed by atoms with Gasteiger partial charge >= 0.3 is 0 Å². The van der Waals surface area contributed by atoms with Gasteiger partial charge in [-0.05, 0) is 37.6 Å². The first-order valence-electron chi connectivity index (χ1n) is 7.84. The number of nitrogens with one attached hydrogen (secondary N) is 1. The van der Waals surface area contributed by atoms with Gasteiger partial charge in [-0.2, -0.15) is 0 Å². The minimum atomic E-state index is 0.359. The average Bonchev–Trinajstić information content (AvgIpc) is 2.43. The Balaban J connectivity index is 2.39. The second kappa shape index (κ2) is 10.2. The molecule has 1 aromatic carbocycles. The lowest BCUT2D eigenvalue weighted by molar-refractivity contribution is 0.304. The maximum absolute atomic E-state index is 5.81. The van der Waals surface area contributed by atoms with Gasteiger partial charge in [0.05, 0.1) is 6.61 Å². The fourth-order valence-electron chi connectivity index (χ4n) is 2.26. The lowest BCUT2D eigenvalue weighted by Crippen LogP contribution is -2.18. The Bertz CT molecular complexity index is 381. The van der Waals surface area contributed by atoms with Crippen LogP contribution in [0.2, 0.25) is 0 Å². The van der Waals surface area contributed by atoms with Gasteiger partial charge in [-0.25, -0.2) is 0 Å². The van der Waals surface area contributed by atoms with Crippen molar-refractivity contribution in [2.24, 2.45) is 0 Å². The number of ether oxygens (including phenoxy) is 1. The lowest BCUT2D eigenvalue weighted by Gasteiger charge is -2.15. The van der Waals surface area contributed by atoms with Crippen molar-refractivity contribution in [3.05, 3.63) is 28.2 Å². The molecular weight excluding hydrogens is 314 g/mol. The summed E-state index contributed by atoms with van der Waals surface area (Å²) in [6.07, 6.45) is 6.36. The van der Waals surface area contributed by atoms with E-state index in [0.29, 0.717) is 6.04 Å². The van der Waals surface area contributed by atoms with Crippen LogP contribution in [0.15, 0.2) is 22.7 Å². The van der Waals surface area contributed by atoms with Crippen LogP contribution in [0.4, 0.5) is 0 Å². The van der Waals surface area contributed by atoms with E-state index in [-0.39, 0.29) is 0 Å². The van der Waals surface area contributed by atoms with Crippen molar-refractivity contribution in [3.8, 4) is 5.75 Å². The van der Waals surface area contributed by atoms with E-state index in [4.69, 9.17) is 4.74 Å². The molecule has 1 rings (SSSR count). The Morgan fingerprint density at radius 1 is 1.15 bits per heavy atom. The second-order valence-electron chi connectivity index (χ2n) is 5.23. The van der Waals surface area contributed by atoms with Crippen molar-refractivity contribution >= 4 is 15.9 Å². The van der Waals surface area contributed by atoms with Crippen molar-refractivity contribution in [3.63, 3.8) is 0 Å². The van der Waals surface area contributed by atoms with Crippen molar-refractivity contribution in [1.29, 1.82) is 0 Å². The molecule has 2 nitrogen and oxygen atoms in total. The first-order chi connectivity index (χ1) is 9.69. The summed E-state index contributed by atoms with van der Waals surface area (Å²) < 4.78 is 6.93. The molecule has 0 aliphatic rings. The van der Waals surface area contributed by atoms with Crippen molar-refractivity contribution in [1.82, 2.24) is 5.32 Å². The van der Waals surface area contributed by atoms with Gasteiger partial charge in [0.15, 0.2) is 0 Å². The third-order valence-corrected chi connectivity index (χ3v) is 4.15. The molecule has 0 aromatic heterocycles. The topological polar surface area (TPSA) is 21.3 Å². The Kier molecular flexibility index (Phi) is 8.95. The Morgan fingerprint density at radius 2 is 1.90 bits per heavy atom. The fourth-order valence-corrected chi connectivity index (χ4v) is 2.96. The van der Waals surface area contributed by atoms with Crippen molar-refractivity contribution in [2.75, 3.05) is 13.2 Å². The third kappa shape index (κ3) is 6.27. The van der Waals surface area contributed by atoms with Gasteiger partial charge < -0.3 is 10.1 Å². The van der Waals surface area contributed by atoms with Gasteiger partial charge in [-0.1, -0.05) is 61.5 Å². The summed E-state index contributed by atoms with van der Waals surface area (Å²) >= 11 is 3.64. The molecule has 0 saturated heterocycles. The number of rotatable bonds is 10. The molecule has 1 aromatic rings. The summed E-state index contributed by atoms with van der Waals surface area (Å²) in [6, 6.07) is 6.65. The van der Waals surface area contributed by atoms with Crippen LogP contribution in [0.5, 0.6) is 5.75 Å². The quantitative estimate of drug-likeness (QED) is 0.569. The molecule has 0 heterocycles. The van der Waals surface area contributed by atoms with Gasteiger partial charge in [-0.3, -0.25) is 0 Å². The number of unbranched alkanes of at least 4 members (excludes halogenated alkanes) is 4. The number of halogens is 1. The first kappa shape index (κ1) is 17.5. The normalized spacial score (nSPS) is 12.4. The zero-order chi connectivity index (χ0) is 14.8. The van der Waals surface area contributed by atoms with E-state index in [9.17, 15) is 0 Å². The minimum Gasteiger partial charge on any atom is -0.494 e. The van der Waals surface area contributed by atoms with Crippen LogP contribution >= 0.6 is 15.9 Å². The molecular formula is C17H28BrNO. The van der Waals surface area contributed by atoms with E-state index in [0.717, 1.165) is 29.8 Å². The predicted octanol–water partition coefficient (Wildman–Crippen LogP) is 5.47. The van der Waals surface area contributed by atoms with E-state index in [1.54, 1.807) is 0 Å². The van der Waals surface area contributed by atoms with Crippen LogP contribution in [0, 0.1) is 0 Å². The summed E-state index contributed by atoms with van der Waals surface area (Å²) in [5.41, 5.74) is 1.28. The predicted molar refractivity (Wildman–Crippen MR) is 90.5 cm³/mol. The molecule has 3 heteroatoms. The summed E-state index contributed by atoms with van der Waals surface area (Å²) in [4.78, 5) is 0. The molecule has 0 radical (unpaired) electrons. The Labute approximate surface area is 132 Å². The van der Waals surface area contributed by atoms with Crippen LogP contribution in [-0.2, 0) is 0 Å². The van der Waals surface area contributed by atoms with Crippen LogP contribution in [0.3, 0.4) is 0 Å². The molecule has 1 N–H and O–H groups in total. The second-order valence-corrected chi connectivity index (χ2v) is 6.08. The van der Waals surface area contributed by atoms with E-state index in [2.05, 4.69) is 60.2 Å². The Hall–Kier alpha value is -0.540. The molecule has 0 fully saturated rings. The zero-order valence-electron chi connectivity index (χ0n) is 13.0. The zero-order valence-corrected chi connectivity index (χ0v) is 14.6. The van der Waals surface area contributed by atoms with Gasteiger partial charge in [0.1, 0.15) is 5.75 Å². The highest BCUT2D eigenvalue weighted by Crippen LogP contribution is 2.27. The highest BCUT2D eigenvalue weighted by molar-refractivity contribution is 9.10. The smallest absolute Gasteiger partial charge is 0.120 e. The largest absolute Gasteiger partial charge is 0.494 e. The van der Waals surface area contributed by atoms with E-state index in [1.165, 1.54) is 31.2 Å². The number of benzene rings is 1. The number of hydrogen-bond acceptors (Lipinski definition) is 2. The molecule has 0 bridgehead atoms. The molecule has 114 valence electrons. The molecule has 0 aliphatic heterocycles. The monoisotopic (exact) mass is 341 g/mol. The van der Waals surface area contributed by atoms with E-state index < -0.39 is 0 Å². The van der Waals surface area contributed by atoms with E-state index in [1.807, 2.05) is 0 Å². The molecule has 0 saturated carbocycles. The summed E-state index contributed by atoms with van der Waals surface area (Å²) in [6.45, 7) is 8.34. The maximum Gasteiger partial charge on any atom is 0.120 e. The fraction of sp³-hybridized carbons (Fsp3) is 0.647. The van der Waals surface area contributed by atoms with Crippen molar-refractivity contribution in [2.45, 2.75) is 58.9 Å². The van der Waals surface area contributed by atoms with Gasteiger partial charge in [-0.15, -0.1) is 0 Å². The molecule has 1 unspecified atom stereocenters. The molecule has 0 aliphatic carbocycles. The molecule has 0 spiro atoms. The van der Waals surface area contributed by atoms with Crippen LogP contribution in [0.25, 0.3) is 0 Å².